The summed E-state index contributed by atoms with van der Waals surface area (Å²) in [6.45, 7) is 8.56. The van der Waals surface area contributed by atoms with Crippen molar-refractivity contribution in [2.24, 2.45) is 0 Å². The molecule has 148 valence electrons. The van der Waals surface area contributed by atoms with Gasteiger partial charge < -0.3 is 15.5 Å². The number of hydrogen-bond acceptors (Lipinski definition) is 4. The van der Waals surface area contributed by atoms with Gasteiger partial charge in [-0.3, -0.25) is 14.3 Å². The van der Waals surface area contributed by atoms with Gasteiger partial charge >= 0.3 is 0 Å². The molecule has 1 atom stereocenters. The van der Waals surface area contributed by atoms with Gasteiger partial charge in [0.2, 0.25) is 5.91 Å². The fourth-order valence-electron chi connectivity index (χ4n) is 3.87. The molecule has 0 bridgehead atoms. The van der Waals surface area contributed by atoms with Crippen molar-refractivity contribution in [1.29, 1.82) is 0 Å². The van der Waals surface area contributed by atoms with Crippen molar-refractivity contribution < 1.29 is 9.59 Å². The van der Waals surface area contributed by atoms with Crippen LogP contribution in [0.15, 0.2) is 30.3 Å². The van der Waals surface area contributed by atoms with Gasteiger partial charge in [-0.1, -0.05) is 24.3 Å². The molecule has 0 saturated heterocycles. The minimum Gasteiger partial charge on any atom is -0.350 e. The van der Waals surface area contributed by atoms with Crippen LogP contribution in [0.2, 0.25) is 0 Å². The molecule has 2 N–H and O–H groups in total. The number of benzene rings is 1. The van der Waals surface area contributed by atoms with Crippen molar-refractivity contribution >= 4 is 11.8 Å². The lowest BCUT2D eigenvalue weighted by Crippen LogP contribution is -2.56. The van der Waals surface area contributed by atoms with Crippen molar-refractivity contribution in [1.82, 2.24) is 25.3 Å². The van der Waals surface area contributed by atoms with Crippen LogP contribution in [-0.2, 0) is 30.8 Å². The molecule has 2 aromatic rings. The first-order valence-corrected chi connectivity index (χ1v) is 9.79. The lowest BCUT2D eigenvalue weighted by atomic mass is 9.92. The third kappa shape index (κ3) is 3.67. The summed E-state index contributed by atoms with van der Waals surface area (Å²) in [7, 11) is 0. The van der Waals surface area contributed by atoms with E-state index in [4.69, 9.17) is 0 Å². The maximum Gasteiger partial charge on any atom is 0.275 e. The van der Waals surface area contributed by atoms with E-state index in [2.05, 4.69) is 15.7 Å². The number of aromatic nitrogens is 2. The summed E-state index contributed by atoms with van der Waals surface area (Å²) >= 11 is 0. The highest BCUT2D eigenvalue weighted by Gasteiger charge is 2.37. The lowest BCUT2D eigenvalue weighted by Gasteiger charge is -2.37. The molecular formula is C21H27N5O2. The van der Waals surface area contributed by atoms with Gasteiger partial charge in [0.05, 0.1) is 12.2 Å². The second-order valence-corrected chi connectivity index (χ2v) is 8.58. The monoisotopic (exact) mass is 381 g/mol. The van der Waals surface area contributed by atoms with Gasteiger partial charge in [0.15, 0.2) is 5.69 Å². The Bertz CT molecular complexity index is 888. The molecule has 1 aromatic carbocycles. The molecule has 4 rings (SSSR count). The fourth-order valence-corrected chi connectivity index (χ4v) is 3.87. The summed E-state index contributed by atoms with van der Waals surface area (Å²) in [6, 6.07) is 9.31. The quantitative estimate of drug-likeness (QED) is 0.826. The molecule has 3 heterocycles. The molecule has 2 aliphatic rings. The molecule has 0 unspecified atom stereocenters. The molecule has 0 radical (unpaired) electrons. The average molecular weight is 381 g/mol. The molecule has 0 aliphatic carbocycles. The average Bonchev–Trinajstić information content (AvgIpc) is 3.09. The number of fused-ring (bicyclic) bond motifs is 2. The molecule has 2 amide bonds. The van der Waals surface area contributed by atoms with E-state index >= 15 is 0 Å². The van der Waals surface area contributed by atoms with Crippen LogP contribution in [0.5, 0.6) is 0 Å². The van der Waals surface area contributed by atoms with Crippen LogP contribution in [0.4, 0.5) is 0 Å². The van der Waals surface area contributed by atoms with E-state index in [1.54, 1.807) is 4.90 Å². The van der Waals surface area contributed by atoms with Crippen molar-refractivity contribution in [3.63, 3.8) is 0 Å². The summed E-state index contributed by atoms with van der Waals surface area (Å²) < 4.78 is 1.88. The van der Waals surface area contributed by atoms with Crippen LogP contribution in [0, 0.1) is 0 Å². The van der Waals surface area contributed by atoms with Crippen molar-refractivity contribution in [2.75, 3.05) is 6.54 Å². The summed E-state index contributed by atoms with van der Waals surface area (Å²) in [5.41, 5.74) is 3.26. The van der Waals surface area contributed by atoms with Crippen molar-refractivity contribution in [3.8, 4) is 0 Å². The number of nitrogens with one attached hydrogen (secondary N) is 2. The van der Waals surface area contributed by atoms with Gasteiger partial charge in [0, 0.05) is 31.6 Å². The van der Waals surface area contributed by atoms with Gasteiger partial charge in [-0.25, -0.2) is 0 Å². The molecule has 28 heavy (non-hydrogen) atoms. The van der Waals surface area contributed by atoms with Crippen molar-refractivity contribution in [2.45, 2.75) is 58.4 Å². The normalized spacial score (nSPS) is 19.0. The topological polar surface area (TPSA) is 79.3 Å². The van der Waals surface area contributed by atoms with Gasteiger partial charge in [0.25, 0.3) is 5.91 Å². The highest BCUT2D eigenvalue weighted by molar-refractivity contribution is 5.96. The van der Waals surface area contributed by atoms with Gasteiger partial charge in [0.1, 0.15) is 6.04 Å². The first-order chi connectivity index (χ1) is 13.3. The molecule has 7 heteroatoms. The fraction of sp³-hybridized carbons (Fsp3) is 0.476. The molecule has 0 fully saturated rings. The summed E-state index contributed by atoms with van der Waals surface area (Å²) in [5, 5.41) is 10.8. The van der Waals surface area contributed by atoms with Gasteiger partial charge in [-0.15, -0.1) is 0 Å². The van der Waals surface area contributed by atoms with Crippen LogP contribution < -0.4 is 10.6 Å². The molecule has 0 spiro atoms. The molecule has 2 aliphatic heterocycles. The number of nitrogens with zero attached hydrogens (tertiary/aromatic N) is 3. The summed E-state index contributed by atoms with van der Waals surface area (Å²) in [4.78, 5) is 28.1. The summed E-state index contributed by atoms with van der Waals surface area (Å²) in [6.07, 6.45) is 0.513. The van der Waals surface area contributed by atoms with E-state index in [-0.39, 0.29) is 17.4 Å². The third-order valence-corrected chi connectivity index (χ3v) is 5.20. The number of carbonyl (C=O) groups is 2. The summed E-state index contributed by atoms with van der Waals surface area (Å²) in [5.74, 6) is -0.313. The molecule has 1 aromatic heterocycles. The van der Waals surface area contributed by atoms with E-state index in [1.807, 2.05) is 55.8 Å². The maximum atomic E-state index is 13.4. The Morgan fingerprint density at radius 1 is 1.21 bits per heavy atom. The number of hydrogen-bond donors (Lipinski definition) is 2. The SMILES string of the molecule is CC(C)(C)NC(=O)[C@@H]1Cc2ccccc2CN1C(=O)c1cc2n(n1)CCNC2. The second-order valence-electron chi connectivity index (χ2n) is 8.58. The predicted octanol–water partition coefficient (Wildman–Crippen LogP) is 1.47. The largest absolute Gasteiger partial charge is 0.350 e. The van der Waals surface area contributed by atoms with Crippen LogP contribution in [0.3, 0.4) is 0 Å². The van der Waals surface area contributed by atoms with E-state index in [0.29, 0.717) is 25.2 Å². The lowest BCUT2D eigenvalue weighted by molar-refractivity contribution is -0.127. The second kappa shape index (κ2) is 7.05. The zero-order valence-corrected chi connectivity index (χ0v) is 16.7. The van der Waals surface area contributed by atoms with E-state index < -0.39 is 6.04 Å². The number of amides is 2. The van der Waals surface area contributed by atoms with Gasteiger partial charge in [-0.2, -0.15) is 5.10 Å². The van der Waals surface area contributed by atoms with E-state index in [9.17, 15) is 9.59 Å². The standard InChI is InChI=1S/C21H27N5O2/c1-21(2,3)23-19(27)18-10-14-6-4-5-7-15(14)13-25(18)20(28)17-11-16-12-22-8-9-26(16)24-17/h4-7,11,18,22H,8-10,12-13H2,1-3H3,(H,23,27)/t18-/m0/s1. The first-order valence-electron chi connectivity index (χ1n) is 9.79. The predicted molar refractivity (Wildman–Crippen MR) is 106 cm³/mol. The molecular weight excluding hydrogens is 354 g/mol. The maximum absolute atomic E-state index is 13.4. The smallest absolute Gasteiger partial charge is 0.275 e. The zero-order chi connectivity index (χ0) is 19.9. The van der Waals surface area contributed by atoms with Crippen LogP contribution >= 0.6 is 0 Å². The van der Waals surface area contributed by atoms with E-state index in [0.717, 1.165) is 29.9 Å². The van der Waals surface area contributed by atoms with Crippen LogP contribution in [0.25, 0.3) is 0 Å². The number of rotatable bonds is 2. The minimum atomic E-state index is -0.543. The third-order valence-electron chi connectivity index (χ3n) is 5.20. The Kier molecular flexibility index (Phi) is 4.71. The molecule has 0 saturated carbocycles. The van der Waals surface area contributed by atoms with Gasteiger partial charge in [-0.05, 0) is 38.0 Å². The van der Waals surface area contributed by atoms with E-state index in [1.165, 1.54) is 0 Å². The highest BCUT2D eigenvalue weighted by atomic mass is 16.2. The Morgan fingerprint density at radius 2 is 1.96 bits per heavy atom. The first kappa shape index (κ1) is 18.7. The highest BCUT2D eigenvalue weighted by Crippen LogP contribution is 2.26. The Hall–Kier alpha value is -2.67. The number of carbonyl (C=O) groups excluding carboxylic acids is 2. The Morgan fingerprint density at radius 3 is 2.68 bits per heavy atom. The molecule has 7 nitrogen and oxygen atoms in total. The Balaban J connectivity index is 1.66. The zero-order valence-electron chi connectivity index (χ0n) is 16.7. The van der Waals surface area contributed by atoms with Crippen LogP contribution in [0.1, 0.15) is 48.1 Å². The van der Waals surface area contributed by atoms with Crippen molar-refractivity contribution in [3.05, 3.63) is 52.8 Å². The minimum absolute atomic E-state index is 0.124. The Labute approximate surface area is 165 Å². The van der Waals surface area contributed by atoms with Crippen LogP contribution in [-0.4, -0.2) is 44.6 Å².